The molecule has 2 rings (SSSR count). The van der Waals surface area contributed by atoms with Gasteiger partial charge in [0, 0.05) is 12.1 Å². The first kappa shape index (κ1) is 15.9. The van der Waals surface area contributed by atoms with Crippen LogP contribution in [0.4, 0.5) is 22.0 Å². The van der Waals surface area contributed by atoms with Crippen molar-refractivity contribution in [2.24, 2.45) is 0 Å². The van der Waals surface area contributed by atoms with Gasteiger partial charge >= 0.3 is 6.18 Å². The SMILES string of the molecule is O=C(NCc1ccc(F)cc1C(F)(F)F)c1ccc(F)cc1. The van der Waals surface area contributed by atoms with Gasteiger partial charge in [0.25, 0.3) is 5.91 Å². The highest BCUT2D eigenvalue weighted by molar-refractivity contribution is 5.94. The summed E-state index contributed by atoms with van der Waals surface area (Å²) >= 11 is 0. The van der Waals surface area contributed by atoms with Gasteiger partial charge in [0.2, 0.25) is 0 Å². The van der Waals surface area contributed by atoms with Gasteiger partial charge in [0.1, 0.15) is 11.6 Å². The number of carbonyl (C=O) groups excluding carboxylic acids is 1. The van der Waals surface area contributed by atoms with Gasteiger partial charge in [-0.2, -0.15) is 13.2 Å². The van der Waals surface area contributed by atoms with Gasteiger partial charge in [-0.15, -0.1) is 0 Å². The van der Waals surface area contributed by atoms with Crippen molar-refractivity contribution in [3.63, 3.8) is 0 Å². The number of benzene rings is 2. The first-order valence-corrected chi connectivity index (χ1v) is 6.17. The fraction of sp³-hybridized carbons (Fsp3) is 0.133. The zero-order valence-corrected chi connectivity index (χ0v) is 11.0. The predicted molar refractivity (Wildman–Crippen MR) is 69.0 cm³/mol. The van der Waals surface area contributed by atoms with E-state index < -0.39 is 35.8 Å². The van der Waals surface area contributed by atoms with E-state index in [1.807, 2.05) is 0 Å². The summed E-state index contributed by atoms with van der Waals surface area (Å²) in [5.41, 5.74) is -1.30. The normalized spacial score (nSPS) is 11.3. The molecule has 0 spiro atoms. The second-order valence-corrected chi connectivity index (χ2v) is 4.49. The van der Waals surface area contributed by atoms with Gasteiger partial charge < -0.3 is 5.32 Å². The van der Waals surface area contributed by atoms with E-state index >= 15 is 0 Å². The third kappa shape index (κ3) is 3.81. The number of amides is 1. The highest BCUT2D eigenvalue weighted by Gasteiger charge is 2.33. The summed E-state index contributed by atoms with van der Waals surface area (Å²) in [5, 5.41) is 2.28. The van der Waals surface area contributed by atoms with Crippen LogP contribution in [-0.2, 0) is 12.7 Å². The van der Waals surface area contributed by atoms with Crippen molar-refractivity contribution in [2.45, 2.75) is 12.7 Å². The van der Waals surface area contributed by atoms with Gasteiger partial charge in [-0.1, -0.05) is 6.07 Å². The Balaban J connectivity index is 2.15. The monoisotopic (exact) mass is 315 g/mol. The van der Waals surface area contributed by atoms with E-state index in [4.69, 9.17) is 0 Å². The molecule has 0 aromatic heterocycles. The zero-order chi connectivity index (χ0) is 16.3. The highest BCUT2D eigenvalue weighted by Crippen LogP contribution is 2.32. The maximum Gasteiger partial charge on any atom is 0.416 e. The third-order valence-corrected chi connectivity index (χ3v) is 2.92. The number of alkyl halides is 3. The average Bonchev–Trinajstić information content (AvgIpc) is 2.45. The number of hydrogen-bond donors (Lipinski definition) is 1. The van der Waals surface area contributed by atoms with Crippen LogP contribution in [0.3, 0.4) is 0 Å². The van der Waals surface area contributed by atoms with Crippen molar-refractivity contribution in [1.29, 1.82) is 0 Å². The number of nitrogens with one attached hydrogen (secondary N) is 1. The zero-order valence-electron chi connectivity index (χ0n) is 11.0. The van der Waals surface area contributed by atoms with Crippen LogP contribution >= 0.6 is 0 Å². The minimum atomic E-state index is -4.72. The molecular formula is C15H10F5NO. The number of rotatable bonds is 3. The molecule has 0 bridgehead atoms. The van der Waals surface area contributed by atoms with E-state index in [0.717, 1.165) is 24.3 Å². The van der Waals surface area contributed by atoms with Crippen LogP contribution in [0.1, 0.15) is 21.5 Å². The third-order valence-electron chi connectivity index (χ3n) is 2.92. The second kappa shape index (κ2) is 6.13. The van der Waals surface area contributed by atoms with Crippen LogP contribution < -0.4 is 5.32 Å². The Bertz CT molecular complexity index is 679. The van der Waals surface area contributed by atoms with Crippen LogP contribution in [0, 0.1) is 11.6 Å². The molecule has 116 valence electrons. The summed E-state index contributed by atoms with van der Waals surface area (Å²) in [7, 11) is 0. The van der Waals surface area contributed by atoms with Crippen molar-refractivity contribution in [3.05, 3.63) is 70.8 Å². The lowest BCUT2D eigenvalue weighted by Crippen LogP contribution is -2.24. The maximum atomic E-state index is 13.0. The Hall–Kier alpha value is -2.44. The van der Waals surface area contributed by atoms with Crippen LogP contribution in [-0.4, -0.2) is 5.91 Å². The van der Waals surface area contributed by atoms with Gasteiger partial charge in [-0.25, -0.2) is 8.78 Å². The molecule has 2 aromatic rings. The Kier molecular flexibility index (Phi) is 4.44. The standard InChI is InChI=1S/C15H10F5NO/c16-11-4-1-9(2-5-11)14(22)21-8-10-3-6-12(17)7-13(10)15(18,19)20/h1-7H,8H2,(H,21,22). The molecule has 0 radical (unpaired) electrons. The van der Waals surface area contributed by atoms with Crippen molar-refractivity contribution < 1.29 is 26.7 Å². The molecule has 1 N–H and O–H groups in total. The van der Waals surface area contributed by atoms with E-state index in [9.17, 15) is 26.7 Å². The van der Waals surface area contributed by atoms with Crippen LogP contribution in [0.2, 0.25) is 0 Å². The lowest BCUT2D eigenvalue weighted by molar-refractivity contribution is -0.138. The van der Waals surface area contributed by atoms with E-state index in [2.05, 4.69) is 5.32 Å². The molecule has 2 nitrogen and oxygen atoms in total. The molecule has 0 fully saturated rings. The molecule has 0 aliphatic rings. The molecule has 0 unspecified atom stereocenters. The molecule has 0 aliphatic carbocycles. The smallest absolute Gasteiger partial charge is 0.348 e. The molecule has 1 amide bonds. The molecule has 7 heteroatoms. The van der Waals surface area contributed by atoms with Crippen molar-refractivity contribution in [1.82, 2.24) is 5.32 Å². The van der Waals surface area contributed by atoms with E-state index in [1.165, 1.54) is 12.1 Å². The first-order chi connectivity index (χ1) is 10.3. The summed E-state index contributed by atoms with van der Waals surface area (Å²) in [4.78, 5) is 11.8. The molecule has 2 aromatic carbocycles. The fourth-order valence-electron chi connectivity index (χ4n) is 1.85. The molecule has 0 heterocycles. The van der Waals surface area contributed by atoms with E-state index in [-0.39, 0.29) is 11.1 Å². The van der Waals surface area contributed by atoms with Gasteiger partial charge in [0.05, 0.1) is 5.56 Å². The Morgan fingerprint density at radius 2 is 1.55 bits per heavy atom. The van der Waals surface area contributed by atoms with Crippen LogP contribution in [0.15, 0.2) is 42.5 Å². The van der Waals surface area contributed by atoms with Crippen molar-refractivity contribution in [3.8, 4) is 0 Å². The first-order valence-electron chi connectivity index (χ1n) is 6.17. The van der Waals surface area contributed by atoms with Crippen molar-refractivity contribution >= 4 is 5.91 Å². The lowest BCUT2D eigenvalue weighted by Gasteiger charge is -2.13. The highest BCUT2D eigenvalue weighted by atomic mass is 19.4. The molecule has 0 atom stereocenters. The minimum Gasteiger partial charge on any atom is -0.348 e. The molecule has 0 saturated carbocycles. The van der Waals surface area contributed by atoms with Gasteiger partial charge in [0.15, 0.2) is 0 Å². The van der Waals surface area contributed by atoms with E-state index in [0.29, 0.717) is 6.07 Å². The molecule has 22 heavy (non-hydrogen) atoms. The lowest BCUT2D eigenvalue weighted by atomic mass is 10.1. The van der Waals surface area contributed by atoms with E-state index in [1.54, 1.807) is 0 Å². The quantitative estimate of drug-likeness (QED) is 0.855. The molecular weight excluding hydrogens is 305 g/mol. The minimum absolute atomic E-state index is 0.108. The Labute approximate surface area is 122 Å². The Morgan fingerprint density at radius 1 is 0.955 bits per heavy atom. The van der Waals surface area contributed by atoms with Gasteiger partial charge in [-0.3, -0.25) is 4.79 Å². The summed E-state index contributed by atoms with van der Waals surface area (Å²) in [6.45, 7) is -0.425. The summed E-state index contributed by atoms with van der Waals surface area (Å²) in [6, 6.07) is 6.76. The molecule has 0 saturated heterocycles. The fourth-order valence-corrected chi connectivity index (χ4v) is 1.85. The Morgan fingerprint density at radius 3 is 2.14 bits per heavy atom. The van der Waals surface area contributed by atoms with Crippen LogP contribution in [0.5, 0.6) is 0 Å². The average molecular weight is 315 g/mol. The number of hydrogen-bond acceptors (Lipinski definition) is 1. The van der Waals surface area contributed by atoms with Gasteiger partial charge in [-0.05, 0) is 42.0 Å². The summed E-state index contributed by atoms with van der Waals surface area (Å²) in [6.07, 6.45) is -4.72. The second-order valence-electron chi connectivity index (χ2n) is 4.49. The van der Waals surface area contributed by atoms with Crippen LogP contribution in [0.25, 0.3) is 0 Å². The summed E-state index contributed by atoms with van der Waals surface area (Å²) in [5.74, 6) is -2.20. The van der Waals surface area contributed by atoms with Crippen molar-refractivity contribution in [2.75, 3.05) is 0 Å². The number of halogens is 5. The number of carbonyl (C=O) groups is 1. The molecule has 0 aliphatic heterocycles. The largest absolute Gasteiger partial charge is 0.416 e. The summed E-state index contributed by atoms with van der Waals surface area (Å²) < 4.78 is 64.1. The topological polar surface area (TPSA) is 29.1 Å². The predicted octanol–water partition coefficient (Wildman–Crippen LogP) is 3.91. The maximum absolute atomic E-state index is 13.0.